The van der Waals surface area contributed by atoms with Gasteiger partial charge in [0.2, 0.25) is 11.7 Å². The van der Waals surface area contributed by atoms with Crippen LogP contribution >= 0.6 is 0 Å². The van der Waals surface area contributed by atoms with Crippen molar-refractivity contribution in [3.8, 4) is 11.4 Å². The van der Waals surface area contributed by atoms with E-state index in [0.717, 1.165) is 18.5 Å². The number of nitrogens with one attached hydrogen (secondary N) is 1. The second kappa shape index (κ2) is 5.73. The molecule has 2 rings (SSSR count). The summed E-state index contributed by atoms with van der Waals surface area (Å²) in [5.41, 5.74) is 1.59. The third-order valence-corrected chi connectivity index (χ3v) is 2.61. The molecule has 0 unspecified atom stereocenters. The summed E-state index contributed by atoms with van der Waals surface area (Å²) in [6.07, 6.45) is 1.05. The van der Waals surface area contributed by atoms with Crippen LogP contribution in [-0.4, -0.2) is 16.7 Å². The van der Waals surface area contributed by atoms with Crippen molar-refractivity contribution in [1.82, 2.24) is 15.5 Å². The van der Waals surface area contributed by atoms with Crippen molar-refractivity contribution in [3.05, 3.63) is 35.5 Å². The van der Waals surface area contributed by atoms with E-state index >= 15 is 0 Å². The van der Waals surface area contributed by atoms with E-state index in [9.17, 15) is 4.39 Å². The number of aryl methyl sites for hydroxylation is 1. The van der Waals surface area contributed by atoms with Gasteiger partial charge in [-0.15, -0.1) is 0 Å². The molecule has 1 heterocycles. The Hall–Kier alpha value is -1.75. The summed E-state index contributed by atoms with van der Waals surface area (Å²) in [5, 5.41) is 7.05. The summed E-state index contributed by atoms with van der Waals surface area (Å²) in [6, 6.07) is 4.54. The van der Waals surface area contributed by atoms with Gasteiger partial charge in [-0.25, -0.2) is 4.39 Å². The maximum atomic E-state index is 13.2. The lowest BCUT2D eigenvalue weighted by Crippen LogP contribution is -2.13. The van der Waals surface area contributed by atoms with Crippen LogP contribution in [0, 0.1) is 12.7 Å². The first-order chi connectivity index (χ1) is 8.70. The summed E-state index contributed by atoms with van der Waals surface area (Å²) in [7, 11) is 0. The van der Waals surface area contributed by atoms with Gasteiger partial charge in [0.25, 0.3) is 0 Å². The quantitative estimate of drug-likeness (QED) is 0.828. The van der Waals surface area contributed by atoms with Gasteiger partial charge in [-0.3, -0.25) is 0 Å². The summed E-state index contributed by atoms with van der Waals surface area (Å²) in [6.45, 7) is 5.41. The highest BCUT2D eigenvalue weighted by Crippen LogP contribution is 2.21. The van der Waals surface area contributed by atoms with Gasteiger partial charge in [0.15, 0.2) is 0 Å². The minimum Gasteiger partial charge on any atom is -0.338 e. The molecule has 0 saturated carbocycles. The van der Waals surface area contributed by atoms with E-state index in [-0.39, 0.29) is 5.82 Å². The first kappa shape index (κ1) is 12.7. The zero-order valence-electron chi connectivity index (χ0n) is 10.5. The lowest BCUT2D eigenvalue weighted by atomic mass is 10.1. The van der Waals surface area contributed by atoms with Crippen molar-refractivity contribution in [1.29, 1.82) is 0 Å². The van der Waals surface area contributed by atoms with Crippen LogP contribution < -0.4 is 5.32 Å². The second-order valence-electron chi connectivity index (χ2n) is 4.15. The summed E-state index contributed by atoms with van der Waals surface area (Å²) in [4.78, 5) is 4.25. The first-order valence-corrected chi connectivity index (χ1v) is 6.00. The van der Waals surface area contributed by atoms with Gasteiger partial charge in [-0.1, -0.05) is 18.1 Å². The molecule has 4 nitrogen and oxygen atoms in total. The number of rotatable bonds is 5. The molecule has 0 fully saturated rings. The third kappa shape index (κ3) is 2.92. The van der Waals surface area contributed by atoms with E-state index in [1.807, 2.05) is 6.92 Å². The second-order valence-corrected chi connectivity index (χ2v) is 4.15. The Balaban J connectivity index is 2.16. The van der Waals surface area contributed by atoms with E-state index in [1.165, 1.54) is 12.1 Å². The Labute approximate surface area is 105 Å². The highest BCUT2D eigenvalue weighted by Gasteiger charge is 2.11. The van der Waals surface area contributed by atoms with Crippen molar-refractivity contribution in [2.45, 2.75) is 26.8 Å². The topological polar surface area (TPSA) is 51.0 Å². The van der Waals surface area contributed by atoms with Gasteiger partial charge in [0.05, 0.1) is 6.54 Å². The molecular weight excluding hydrogens is 233 g/mol. The first-order valence-electron chi connectivity index (χ1n) is 6.00. The fourth-order valence-electron chi connectivity index (χ4n) is 1.64. The molecule has 5 heteroatoms. The van der Waals surface area contributed by atoms with Crippen molar-refractivity contribution in [3.63, 3.8) is 0 Å². The van der Waals surface area contributed by atoms with Crippen LogP contribution in [0.15, 0.2) is 22.7 Å². The molecule has 0 atom stereocenters. The number of aromatic nitrogens is 2. The van der Waals surface area contributed by atoms with Gasteiger partial charge in [-0.05, 0) is 37.6 Å². The molecule has 18 heavy (non-hydrogen) atoms. The third-order valence-electron chi connectivity index (χ3n) is 2.61. The minimum atomic E-state index is -0.300. The minimum absolute atomic E-state index is 0.300. The molecule has 0 aliphatic carbocycles. The van der Waals surface area contributed by atoms with Gasteiger partial charge in [-0.2, -0.15) is 4.98 Å². The van der Waals surface area contributed by atoms with Gasteiger partial charge < -0.3 is 9.84 Å². The predicted octanol–water partition coefficient (Wildman–Crippen LogP) is 2.68. The molecule has 1 aromatic carbocycles. The van der Waals surface area contributed by atoms with Crippen LogP contribution in [-0.2, 0) is 6.54 Å². The average molecular weight is 249 g/mol. The summed E-state index contributed by atoms with van der Waals surface area (Å²) in [5.74, 6) is 0.647. The average Bonchev–Trinajstić information content (AvgIpc) is 2.81. The Morgan fingerprint density at radius 3 is 3.00 bits per heavy atom. The van der Waals surface area contributed by atoms with E-state index in [4.69, 9.17) is 4.52 Å². The fraction of sp³-hybridized carbons (Fsp3) is 0.385. The zero-order valence-corrected chi connectivity index (χ0v) is 10.5. The Bertz CT molecular complexity index is 525. The molecule has 0 aliphatic heterocycles. The lowest BCUT2D eigenvalue weighted by Gasteiger charge is -1.99. The maximum absolute atomic E-state index is 13.2. The number of halogens is 1. The maximum Gasteiger partial charge on any atom is 0.240 e. The summed E-state index contributed by atoms with van der Waals surface area (Å²) >= 11 is 0. The van der Waals surface area contributed by atoms with Crippen molar-refractivity contribution < 1.29 is 8.91 Å². The Morgan fingerprint density at radius 1 is 1.39 bits per heavy atom. The Kier molecular flexibility index (Phi) is 4.04. The highest BCUT2D eigenvalue weighted by molar-refractivity contribution is 5.59. The van der Waals surface area contributed by atoms with Crippen LogP contribution in [0.1, 0.15) is 24.8 Å². The molecule has 0 aliphatic rings. The van der Waals surface area contributed by atoms with Crippen LogP contribution in [0.25, 0.3) is 11.4 Å². The van der Waals surface area contributed by atoms with Crippen LogP contribution in [0.2, 0.25) is 0 Å². The largest absolute Gasteiger partial charge is 0.338 e. The molecule has 0 amide bonds. The number of hydrogen-bond acceptors (Lipinski definition) is 4. The van der Waals surface area contributed by atoms with E-state index in [2.05, 4.69) is 22.4 Å². The molecular formula is C13H16FN3O. The van der Waals surface area contributed by atoms with Gasteiger partial charge >= 0.3 is 0 Å². The van der Waals surface area contributed by atoms with E-state index in [1.54, 1.807) is 6.07 Å². The van der Waals surface area contributed by atoms with Crippen LogP contribution in [0.4, 0.5) is 4.39 Å². The number of nitrogens with zero attached hydrogens (tertiary/aromatic N) is 2. The molecule has 0 radical (unpaired) electrons. The van der Waals surface area contributed by atoms with Gasteiger partial charge in [0.1, 0.15) is 5.82 Å². The van der Waals surface area contributed by atoms with Crippen LogP contribution in [0.5, 0.6) is 0 Å². The molecule has 0 bridgehead atoms. The standard InChI is InChI=1S/C13H16FN3O/c1-3-6-15-8-12-16-13(17-18-12)11-7-10(14)5-4-9(11)2/h4-5,7,15H,3,6,8H2,1-2H3. The molecule has 2 aromatic rings. The molecule has 0 saturated heterocycles. The zero-order chi connectivity index (χ0) is 13.0. The number of hydrogen-bond donors (Lipinski definition) is 1. The molecule has 1 N–H and O–H groups in total. The highest BCUT2D eigenvalue weighted by atomic mass is 19.1. The van der Waals surface area contributed by atoms with E-state index in [0.29, 0.717) is 23.8 Å². The Morgan fingerprint density at radius 2 is 2.22 bits per heavy atom. The van der Waals surface area contributed by atoms with Crippen molar-refractivity contribution in [2.75, 3.05) is 6.54 Å². The lowest BCUT2D eigenvalue weighted by molar-refractivity contribution is 0.368. The number of benzene rings is 1. The van der Waals surface area contributed by atoms with E-state index < -0.39 is 0 Å². The van der Waals surface area contributed by atoms with Crippen molar-refractivity contribution in [2.24, 2.45) is 0 Å². The molecule has 1 aromatic heterocycles. The molecule has 0 spiro atoms. The smallest absolute Gasteiger partial charge is 0.240 e. The summed E-state index contributed by atoms with van der Waals surface area (Å²) < 4.78 is 18.3. The predicted molar refractivity (Wildman–Crippen MR) is 66.4 cm³/mol. The SMILES string of the molecule is CCCNCc1nc(-c2cc(F)ccc2C)no1. The van der Waals surface area contributed by atoms with Crippen molar-refractivity contribution >= 4 is 0 Å². The van der Waals surface area contributed by atoms with Gasteiger partial charge in [0, 0.05) is 5.56 Å². The normalized spacial score (nSPS) is 10.8. The van der Waals surface area contributed by atoms with Crippen LogP contribution in [0.3, 0.4) is 0 Å². The fourth-order valence-corrected chi connectivity index (χ4v) is 1.64. The monoisotopic (exact) mass is 249 g/mol. The molecule has 96 valence electrons.